The van der Waals surface area contributed by atoms with Crippen LogP contribution in [0, 0.1) is 0 Å². The summed E-state index contributed by atoms with van der Waals surface area (Å²) in [6.07, 6.45) is 3.30. The van der Waals surface area contributed by atoms with Gasteiger partial charge >= 0.3 is 0 Å². The Balaban J connectivity index is 0.000000281. The molecule has 0 aromatic carbocycles. The van der Waals surface area contributed by atoms with Crippen molar-refractivity contribution in [2.75, 3.05) is 0 Å². The molecule has 54 valence electrons. The highest BCUT2D eigenvalue weighted by molar-refractivity contribution is 7.04. The lowest BCUT2D eigenvalue weighted by atomic mass is 10.2. The third-order valence-electron chi connectivity index (χ3n) is 1.01. The van der Waals surface area contributed by atoms with Crippen LogP contribution < -0.4 is 0 Å². The Labute approximate surface area is 70.1 Å². The van der Waals surface area contributed by atoms with Crippen LogP contribution in [0.25, 0.3) is 11.2 Å². The van der Waals surface area contributed by atoms with Gasteiger partial charge in [-0.15, -0.1) is 0 Å². The van der Waals surface area contributed by atoms with Gasteiger partial charge in [-0.25, -0.2) is 4.98 Å². The molecule has 0 aliphatic heterocycles. The van der Waals surface area contributed by atoms with Crippen molar-refractivity contribution in [3.8, 4) is 0 Å². The lowest BCUT2D eigenvalue weighted by Gasteiger charge is -1.79. The molecule has 0 fully saturated rings. The molecule has 0 spiro atoms. The van der Waals surface area contributed by atoms with Crippen molar-refractivity contribution >= 4 is 30.5 Å². The Morgan fingerprint density at radius 2 is 2.00 bits per heavy atom. The Kier molecular flexibility index (Phi) is 2.98. The van der Waals surface area contributed by atoms with Crippen molar-refractivity contribution in [2.45, 2.75) is 6.82 Å². The molecule has 0 unspecified atom stereocenters. The van der Waals surface area contributed by atoms with Crippen molar-refractivity contribution in [2.24, 2.45) is 0 Å². The minimum Gasteiger partial charge on any atom is -0.250 e. The van der Waals surface area contributed by atoms with Gasteiger partial charge in [0.25, 0.3) is 0 Å². The third-order valence-corrected chi connectivity index (χ3v) is 1.62. The minimum absolute atomic E-state index is 0.738. The highest BCUT2D eigenvalue weighted by Crippen LogP contribution is 2.06. The summed E-state index contributed by atoms with van der Waals surface area (Å²) in [5, 5.41) is 1.88. The molecule has 2 radical (unpaired) electrons. The maximum absolute atomic E-state index is 4.50. The molecule has 2 rings (SSSR count). The van der Waals surface area contributed by atoms with Crippen molar-refractivity contribution in [1.82, 2.24) is 14.3 Å². The normalized spacial score (nSPS) is 8.82. The zero-order chi connectivity index (χ0) is 8.10. The summed E-state index contributed by atoms with van der Waals surface area (Å²) in [5.74, 6) is 0. The van der Waals surface area contributed by atoms with E-state index in [9.17, 15) is 0 Å². The van der Waals surface area contributed by atoms with E-state index in [0.29, 0.717) is 0 Å². The number of rotatable bonds is 0. The summed E-state index contributed by atoms with van der Waals surface area (Å²) >= 11 is 1.38. The van der Waals surface area contributed by atoms with Gasteiger partial charge in [0.05, 0.1) is 7.85 Å². The summed E-state index contributed by atoms with van der Waals surface area (Å²) in [5.41, 5.74) is 1.62. The fourth-order valence-corrected chi connectivity index (χ4v) is 1.18. The lowest BCUT2D eigenvalue weighted by molar-refractivity contribution is 1.28. The predicted octanol–water partition coefficient (Wildman–Crippen LogP) is 1.29. The first-order valence-corrected chi connectivity index (χ1v) is 3.89. The molecule has 0 saturated carbocycles. The van der Waals surface area contributed by atoms with Crippen LogP contribution in [0.1, 0.15) is 0 Å². The van der Waals surface area contributed by atoms with E-state index in [0.717, 1.165) is 11.2 Å². The first-order valence-electron chi connectivity index (χ1n) is 3.05. The first kappa shape index (κ1) is 8.13. The second-order valence-corrected chi connectivity index (χ2v) is 2.21. The van der Waals surface area contributed by atoms with Crippen LogP contribution in [0.5, 0.6) is 0 Å². The van der Waals surface area contributed by atoms with E-state index in [4.69, 9.17) is 0 Å². The van der Waals surface area contributed by atoms with Crippen LogP contribution in [-0.2, 0) is 0 Å². The lowest BCUT2D eigenvalue weighted by Crippen LogP contribution is -1.75. The average Bonchev–Trinajstić information content (AvgIpc) is 2.55. The van der Waals surface area contributed by atoms with Gasteiger partial charge in [-0.3, -0.25) is 4.98 Å². The van der Waals surface area contributed by atoms with Crippen LogP contribution in [0.15, 0.2) is 17.8 Å². The zero-order valence-corrected chi connectivity index (χ0v) is 6.88. The minimum atomic E-state index is 0.738. The van der Waals surface area contributed by atoms with E-state index in [2.05, 4.69) is 22.2 Å². The molecule has 0 bridgehead atoms. The van der Waals surface area contributed by atoms with Crippen molar-refractivity contribution < 1.29 is 0 Å². The molecule has 0 saturated heterocycles. The summed E-state index contributed by atoms with van der Waals surface area (Å²) in [7, 11) is 4.50. The largest absolute Gasteiger partial charge is 0.250 e. The van der Waals surface area contributed by atoms with Gasteiger partial charge in [-0.1, -0.05) is 6.82 Å². The van der Waals surface area contributed by atoms with E-state index in [-0.39, 0.29) is 0 Å². The van der Waals surface area contributed by atoms with E-state index in [1.165, 1.54) is 18.4 Å². The summed E-state index contributed by atoms with van der Waals surface area (Å²) in [6, 6.07) is 0. The monoisotopic (exact) mass is 163 g/mol. The molecular formula is C6H6BN3S. The molecule has 0 aliphatic carbocycles. The SMILES string of the molecule is [B]C.c1cnc2nscc2n1. The molecule has 3 nitrogen and oxygen atoms in total. The second-order valence-electron chi connectivity index (χ2n) is 1.58. The first-order chi connectivity index (χ1) is 5.47. The van der Waals surface area contributed by atoms with E-state index in [1.54, 1.807) is 12.4 Å². The van der Waals surface area contributed by atoms with Crippen LogP contribution >= 0.6 is 11.5 Å². The number of aromatic nitrogens is 3. The molecule has 0 aliphatic rings. The molecule has 0 amide bonds. The van der Waals surface area contributed by atoms with E-state index >= 15 is 0 Å². The quantitative estimate of drug-likeness (QED) is 0.549. The average molecular weight is 163 g/mol. The van der Waals surface area contributed by atoms with Crippen molar-refractivity contribution in [3.63, 3.8) is 0 Å². The highest BCUT2D eigenvalue weighted by atomic mass is 32.1. The van der Waals surface area contributed by atoms with Gasteiger partial charge in [-0.05, 0) is 11.5 Å². The number of nitrogens with zero attached hydrogens (tertiary/aromatic N) is 3. The molecule has 2 aromatic rings. The Morgan fingerprint density at radius 3 is 2.73 bits per heavy atom. The van der Waals surface area contributed by atoms with Gasteiger partial charge in [0.2, 0.25) is 0 Å². The Morgan fingerprint density at radius 1 is 1.27 bits per heavy atom. The van der Waals surface area contributed by atoms with Crippen LogP contribution in [0.4, 0.5) is 0 Å². The fourth-order valence-electron chi connectivity index (χ4n) is 0.621. The van der Waals surface area contributed by atoms with Gasteiger partial charge in [0, 0.05) is 17.8 Å². The van der Waals surface area contributed by atoms with E-state index < -0.39 is 0 Å². The maximum Gasteiger partial charge on any atom is 0.191 e. The van der Waals surface area contributed by atoms with Crippen LogP contribution in [-0.4, -0.2) is 22.2 Å². The molecule has 2 aromatic heterocycles. The molecule has 11 heavy (non-hydrogen) atoms. The summed E-state index contributed by atoms with van der Waals surface area (Å²) in [4.78, 5) is 8.00. The molecule has 0 N–H and O–H groups in total. The molecule has 2 heterocycles. The fraction of sp³-hybridized carbons (Fsp3) is 0.167. The maximum atomic E-state index is 4.50. The van der Waals surface area contributed by atoms with Crippen molar-refractivity contribution in [3.05, 3.63) is 17.8 Å². The molecule has 0 atom stereocenters. The summed E-state index contributed by atoms with van der Waals surface area (Å²) in [6.45, 7) is 1.50. The Bertz CT molecular complexity index is 292. The highest BCUT2D eigenvalue weighted by Gasteiger charge is 1.93. The van der Waals surface area contributed by atoms with Crippen LogP contribution in [0.3, 0.4) is 0 Å². The van der Waals surface area contributed by atoms with Gasteiger partial charge < -0.3 is 0 Å². The molecule has 5 heteroatoms. The summed E-state index contributed by atoms with van der Waals surface area (Å²) < 4.78 is 3.99. The standard InChI is InChI=1S/C5H3N3S.CH3B/c1-2-7-5-4(6-1)3-9-8-5;1-2/h1-3H;1H3. The van der Waals surface area contributed by atoms with Crippen molar-refractivity contribution in [1.29, 1.82) is 0 Å². The second kappa shape index (κ2) is 4.03. The van der Waals surface area contributed by atoms with Gasteiger partial charge in [0.1, 0.15) is 5.52 Å². The van der Waals surface area contributed by atoms with Gasteiger partial charge in [-0.2, -0.15) is 4.37 Å². The van der Waals surface area contributed by atoms with Crippen LogP contribution in [0.2, 0.25) is 6.82 Å². The predicted molar refractivity (Wildman–Crippen MR) is 46.8 cm³/mol. The topological polar surface area (TPSA) is 38.7 Å². The Hall–Kier alpha value is -0.965. The van der Waals surface area contributed by atoms with Gasteiger partial charge in [0.15, 0.2) is 5.65 Å². The third kappa shape index (κ3) is 1.74. The number of fused-ring (bicyclic) bond motifs is 1. The molecular weight excluding hydrogens is 157 g/mol. The zero-order valence-electron chi connectivity index (χ0n) is 6.06. The number of hydrogen-bond acceptors (Lipinski definition) is 4. The smallest absolute Gasteiger partial charge is 0.191 e. The number of hydrogen-bond donors (Lipinski definition) is 0. The van der Waals surface area contributed by atoms with E-state index in [1.807, 2.05) is 5.38 Å².